The van der Waals surface area contributed by atoms with E-state index in [2.05, 4.69) is 33.2 Å². The summed E-state index contributed by atoms with van der Waals surface area (Å²) in [7, 11) is 0. The van der Waals surface area contributed by atoms with Crippen LogP contribution in [-0.4, -0.2) is 24.2 Å². The fraction of sp³-hybridized carbons (Fsp3) is 0.700. The Morgan fingerprint density at radius 3 is 3.27 bits per heavy atom. The van der Waals surface area contributed by atoms with Crippen molar-refractivity contribution >= 4 is 27.3 Å². The van der Waals surface area contributed by atoms with Gasteiger partial charge in [0.25, 0.3) is 0 Å². The number of halogens is 1. The van der Waals surface area contributed by atoms with Gasteiger partial charge in [-0.25, -0.2) is 4.98 Å². The lowest BCUT2D eigenvalue weighted by Gasteiger charge is -2.14. The summed E-state index contributed by atoms with van der Waals surface area (Å²) in [5, 5.41) is 4.58. The average molecular weight is 291 g/mol. The van der Waals surface area contributed by atoms with Gasteiger partial charge in [-0.15, -0.1) is 11.3 Å². The van der Waals surface area contributed by atoms with Gasteiger partial charge in [-0.2, -0.15) is 0 Å². The number of ether oxygens (including phenoxy) is 1. The quantitative estimate of drug-likeness (QED) is 0.926. The molecule has 1 aliphatic rings. The van der Waals surface area contributed by atoms with E-state index in [1.165, 1.54) is 12.8 Å². The Morgan fingerprint density at radius 2 is 2.67 bits per heavy atom. The molecule has 1 saturated heterocycles. The van der Waals surface area contributed by atoms with Crippen molar-refractivity contribution in [3.63, 3.8) is 0 Å². The minimum absolute atomic E-state index is 0.311. The Kier molecular flexibility index (Phi) is 4.13. The van der Waals surface area contributed by atoms with E-state index in [0.29, 0.717) is 12.1 Å². The van der Waals surface area contributed by atoms with Crippen LogP contribution in [0.25, 0.3) is 0 Å². The van der Waals surface area contributed by atoms with E-state index in [9.17, 15) is 0 Å². The molecule has 2 unspecified atom stereocenters. The third kappa shape index (κ3) is 3.24. The second kappa shape index (κ2) is 5.39. The first-order valence-electron chi connectivity index (χ1n) is 5.22. The molecule has 2 atom stereocenters. The predicted molar refractivity (Wildman–Crippen MR) is 65.2 cm³/mol. The van der Waals surface area contributed by atoms with Gasteiger partial charge in [0.1, 0.15) is 5.01 Å². The van der Waals surface area contributed by atoms with E-state index in [4.69, 9.17) is 4.74 Å². The monoisotopic (exact) mass is 290 g/mol. The smallest absolute Gasteiger partial charge is 0.110 e. The number of hydrogen-bond donors (Lipinski definition) is 1. The van der Waals surface area contributed by atoms with Gasteiger partial charge < -0.3 is 10.1 Å². The fourth-order valence-corrected chi connectivity index (χ4v) is 2.94. The largest absolute Gasteiger partial charge is 0.377 e. The summed E-state index contributed by atoms with van der Waals surface area (Å²) in [5.74, 6) is 0. The molecule has 1 aromatic heterocycles. The molecular formula is C10H15BrN2OS. The van der Waals surface area contributed by atoms with E-state index in [-0.39, 0.29) is 0 Å². The molecule has 84 valence electrons. The van der Waals surface area contributed by atoms with Crippen molar-refractivity contribution in [2.45, 2.75) is 31.9 Å². The molecule has 0 amide bonds. The third-order valence-corrected chi connectivity index (χ3v) is 4.20. The molecule has 0 aromatic carbocycles. The van der Waals surface area contributed by atoms with Gasteiger partial charge in [0.05, 0.1) is 22.1 Å². The first-order valence-corrected chi connectivity index (χ1v) is 6.83. The van der Waals surface area contributed by atoms with Gasteiger partial charge in [0.15, 0.2) is 0 Å². The van der Waals surface area contributed by atoms with Crippen molar-refractivity contribution in [2.24, 2.45) is 0 Å². The van der Waals surface area contributed by atoms with Crippen LogP contribution in [0.5, 0.6) is 0 Å². The van der Waals surface area contributed by atoms with Crippen LogP contribution in [0.3, 0.4) is 0 Å². The van der Waals surface area contributed by atoms with Crippen LogP contribution in [0, 0.1) is 0 Å². The molecule has 0 radical (unpaired) electrons. The Morgan fingerprint density at radius 1 is 1.80 bits per heavy atom. The molecule has 0 bridgehead atoms. The Hall–Kier alpha value is 0.0300. The second-order valence-electron chi connectivity index (χ2n) is 3.77. The number of thiazole rings is 1. The van der Waals surface area contributed by atoms with Crippen molar-refractivity contribution in [1.29, 1.82) is 0 Å². The molecule has 1 aliphatic heterocycles. The zero-order valence-electron chi connectivity index (χ0n) is 8.70. The minimum Gasteiger partial charge on any atom is -0.377 e. The standard InChI is InChI=1S/C10H15BrN2OS/c1-7(10-13-6-9(11)15-10)12-5-8-3-2-4-14-8/h6-8,12H,2-5H2,1H3. The maximum Gasteiger partial charge on any atom is 0.110 e. The minimum atomic E-state index is 0.311. The average Bonchev–Trinajstić information content (AvgIpc) is 2.84. The van der Waals surface area contributed by atoms with Crippen LogP contribution in [0.4, 0.5) is 0 Å². The lowest BCUT2D eigenvalue weighted by atomic mass is 10.2. The summed E-state index contributed by atoms with van der Waals surface area (Å²) >= 11 is 5.10. The predicted octanol–water partition coefficient (Wildman–Crippen LogP) is 2.74. The lowest BCUT2D eigenvalue weighted by Crippen LogP contribution is -2.28. The highest BCUT2D eigenvalue weighted by Crippen LogP contribution is 2.24. The van der Waals surface area contributed by atoms with Gasteiger partial charge in [0.2, 0.25) is 0 Å². The van der Waals surface area contributed by atoms with Crippen molar-refractivity contribution in [1.82, 2.24) is 10.3 Å². The molecule has 1 N–H and O–H groups in total. The van der Waals surface area contributed by atoms with Crippen LogP contribution in [0.15, 0.2) is 9.98 Å². The number of aromatic nitrogens is 1. The fourth-order valence-electron chi connectivity index (χ4n) is 1.67. The normalized spacial score (nSPS) is 23.2. The summed E-state index contributed by atoms with van der Waals surface area (Å²) < 4.78 is 6.64. The molecule has 0 spiro atoms. The Balaban J connectivity index is 1.79. The van der Waals surface area contributed by atoms with Gasteiger partial charge in [-0.05, 0) is 35.7 Å². The molecule has 0 aliphatic carbocycles. The lowest BCUT2D eigenvalue weighted by molar-refractivity contribution is 0.108. The highest BCUT2D eigenvalue weighted by molar-refractivity contribution is 9.11. The zero-order chi connectivity index (χ0) is 10.7. The first-order chi connectivity index (χ1) is 7.25. The Bertz CT molecular complexity index is 312. The number of rotatable bonds is 4. The maximum atomic E-state index is 5.56. The molecule has 2 rings (SSSR count). The first kappa shape index (κ1) is 11.5. The molecule has 2 heterocycles. The van der Waals surface area contributed by atoms with Gasteiger partial charge in [-0.1, -0.05) is 0 Å². The zero-order valence-corrected chi connectivity index (χ0v) is 11.1. The SMILES string of the molecule is CC(NCC1CCCO1)c1ncc(Br)s1. The Labute approximate surface area is 102 Å². The van der Waals surface area contributed by atoms with Crippen molar-refractivity contribution < 1.29 is 4.74 Å². The van der Waals surface area contributed by atoms with Crippen LogP contribution < -0.4 is 5.32 Å². The number of hydrogen-bond acceptors (Lipinski definition) is 4. The summed E-state index contributed by atoms with van der Waals surface area (Å²) in [6.07, 6.45) is 4.63. The highest BCUT2D eigenvalue weighted by atomic mass is 79.9. The summed E-state index contributed by atoms with van der Waals surface area (Å²) in [4.78, 5) is 4.33. The molecule has 0 saturated carbocycles. The van der Waals surface area contributed by atoms with E-state index in [1.807, 2.05) is 6.20 Å². The van der Waals surface area contributed by atoms with Gasteiger partial charge in [-0.3, -0.25) is 0 Å². The van der Waals surface area contributed by atoms with Crippen LogP contribution >= 0.6 is 27.3 Å². The van der Waals surface area contributed by atoms with Crippen molar-refractivity contribution in [3.05, 3.63) is 15.0 Å². The van der Waals surface area contributed by atoms with Crippen molar-refractivity contribution in [3.8, 4) is 0 Å². The van der Waals surface area contributed by atoms with E-state index in [0.717, 1.165) is 21.9 Å². The molecule has 3 nitrogen and oxygen atoms in total. The van der Waals surface area contributed by atoms with Crippen molar-refractivity contribution in [2.75, 3.05) is 13.2 Å². The molecular weight excluding hydrogens is 276 g/mol. The van der Waals surface area contributed by atoms with Gasteiger partial charge in [0, 0.05) is 13.2 Å². The molecule has 1 aromatic rings. The number of nitrogens with one attached hydrogen (secondary N) is 1. The molecule has 15 heavy (non-hydrogen) atoms. The van der Waals surface area contributed by atoms with E-state index < -0.39 is 0 Å². The molecule has 5 heteroatoms. The molecule has 1 fully saturated rings. The number of nitrogens with zero attached hydrogens (tertiary/aromatic N) is 1. The van der Waals surface area contributed by atoms with Crippen LogP contribution in [0.2, 0.25) is 0 Å². The van der Waals surface area contributed by atoms with Crippen LogP contribution in [0.1, 0.15) is 30.8 Å². The van der Waals surface area contributed by atoms with E-state index >= 15 is 0 Å². The second-order valence-corrected chi connectivity index (χ2v) is 6.21. The summed E-state index contributed by atoms with van der Waals surface area (Å²) in [6.45, 7) is 3.99. The summed E-state index contributed by atoms with van der Waals surface area (Å²) in [5.41, 5.74) is 0. The summed E-state index contributed by atoms with van der Waals surface area (Å²) in [6, 6.07) is 0.311. The van der Waals surface area contributed by atoms with E-state index in [1.54, 1.807) is 11.3 Å². The van der Waals surface area contributed by atoms with Crippen LogP contribution in [-0.2, 0) is 4.74 Å². The highest BCUT2D eigenvalue weighted by Gasteiger charge is 2.17. The topological polar surface area (TPSA) is 34.1 Å². The third-order valence-electron chi connectivity index (χ3n) is 2.54. The maximum absolute atomic E-state index is 5.56. The van der Waals surface area contributed by atoms with Gasteiger partial charge >= 0.3 is 0 Å².